The van der Waals surface area contributed by atoms with Gasteiger partial charge < -0.3 is 11.1 Å². The van der Waals surface area contributed by atoms with E-state index in [1.54, 1.807) is 0 Å². The summed E-state index contributed by atoms with van der Waals surface area (Å²) in [4.78, 5) is 0. The van der Waals surface area contributed by atoms with E-state index in [2.05, 4.69) is 19.2 Å². The van der Waals surface area contributed by atoms with E-state index in [-0.39, 0.29) is 0 Å². The van der Waals surface area contributed by atoms with Gasteiger partial charge in [0, 0.05) is 0 Å². The summed E-state index contributed by atoms with van der Waals surface area (Å²) < 4.78 is 31.6. The lowest BCUT2D eigenvalue weighted by atomic mass is 10.2. The van der Waals surface area contributed by atoms with Crippen LogP contribution < -0.4 is 11.1 Å². The molecule has 0 aliphatic carbocycles. The Hall–Kier alpha value is -0.210. The zero-order chi connectivity index (χ0) is 11.5. The molecule has 0 aromatic heterocycles. The molecule has 0 saturated heterocycles. The summed E-state index contributed by atoms with van der Waals surface area (Å²) >= 11 is 0. The molecule has 0 saturated carbocycles. The first kappa shape index (κ1) is 18.5. The Labute approximate surface area is 80.1 Å². The van der Waals surface area contributed by atoms with E-state index in [1.165, 1.54) is 0 Å². The summed E-state index contributed by atoms with van der Waals surface area (Å²) in [6.45, 7) is 5.00. The fourth-order valence-electron chi connectivity index (χ4n) is 0. The minimum Gasteiger partial charge on any atom is -0.330 e. The molecule has 0 radical (unpaired) electrons. The monoisotopic (exact) mass is 216 g/mol. The molecule has 84 valence electrons. The first-order chi connectivity index (χ1) is 5.68. The van der Waals surface area contributed by atoms with E-state index in [9.17, 15) is 0 Å². The molecule has 0 aliphatic rings. The van der Waals surface area contributed by atoms with Crippen LogP contribution >= 0.6 is 0 Å². The van der Waals surface area contributed by atoms with Crippen LogP contribution in [0.3, 0.4) is 0 Å². The van der Waals surface area contributed by atoms with Crippen LogP contribution in [0.5, 0.6) is 0 Å². The van der Waals surface area contributed by atoms with Crippen molar-refractivity contribution in [3.8, 4) is 0 Å². The molecule has 0 aromatic rings. The highest BCUT2D eigenvalue weighted by molar-refractivity contribution is 7.79. The SMILES string of the molecule is CC(C)CN.CNC.O=S(=O)(O)O. The highest BCUT2D eigenvalue weighted by Gasteiger charge is 1.84. The van der Waals surface area contributed by atoms with Crippen molar-refractivity contribution < 1.29 is 17.5 Å². The predicted octanol–water partition coefficient (Wildman–Crippen LogP) is -0.216. The smallest absolute Gasteiger partial charge is 0.330 e. The van der Waals surface area contributed by atoms with E-state index in [0.29, 0.717) is 5.92 Å². The van der Waals surface area contributed by atoms with Gasteiger partial charge >= 0.3 is 10.4 Å². The zero-order valence-corrected chi connectivity index (χ0v) is 9.30. The van der Waals surface area contributed by atoms with Crippen LogP contribution in [0.1, 0.15) is 13.8 Å². The van der Waals surface area contributed by atoms with Gasteiger partial charge in [0.15, 0.2) is 0 Å². The quantitative estimate of drug-likeness (QED) is 0.451. The van der Waals surface area contributed by atoms with E-state index < -0.39 is 10.4 Å². The van der Waals surface area contributed by atoms with Gasteiger partial charge in [-0.2, -0.15) is 8.42 Å². The van der Waals surface area contributed by atoms with Gasteiger partial charge in [-0.3, -0.25) is 9.11 Å². The summed E-state index contributed by atoms with van der Waals surface area (Å²) in [5, 5.41) is 2.75. The molecule has 0 atom stereocenters. The van der Waals surface area contributed by atoms with Gasteiger partial charge in [-0.1, -0.05) is 13.8 Å². The largest absolute Gasteiger partial charge is 0.394 e. The van der Waals surface area contributed by atoms with Crippen LogP contribution in [0.25, 0.3) is 0 Å². The fraction of sp³-hybridized carbons (Fsp3) is 1.00. The van der Waals surface area contributed by atoms with Crippen molar-refractivity contribution in [2.24, 2.45) is 11.7 Å². The van der Waals surface area contributed by atoms with Crippen molar-refractivity contribution in [3.63, 3.8) is 0 Å². The van der Waals surface area contributed by atoms with Gasteiger partial charge in [-0.25, -0.2) is 0 Å². The highest BCUT2D eigenvalue weighted by Crippen LogP contribution is 1.81. The topological polar surface area (TPSA) is 113 Å². The Morgan fingerprint density at radius 1 is 1.31 bits per heavy atom. The maximum Gasteiger partial charge on any atom is 0.394 e. The van der Waals surface area contributed by atoms with Gasteiger partial charge in [-0.05, 0) is 26.6 Å². The average Bonchev–Trinajstić information content (AvgIpc) is 1.85. The number of rotatable bonds is 1. The lowest BCUT2D eigenvalue weighted by Gasteiger charge is -1.91. The molecule has 0 spiro atoms. The molecular formula is C6H20N2O4S. The van der Waals surface area contributed by atoms with Crippen molar-refractivity contribution >= 4 is 10.4 Å². The molecule has 0 aromatic carbocycles. The van der Waals surface area contributed by atoms with E-state index >= 15 is 0 Å². The van der Waals surface area contributed by atoms with Crippen LogP contribution in [0.2, 0.25) is 0 Å². The molecule has 5 N–H and O–H groups in total. The predicted molar refractivity (Wildman–Crippen MR) is 53.1 cm³/mol. The fourth-order valence-corrected chi connectivity index (χ4v) is 0. The number of hydrogen-bond acceptors (Lipinski definition) is 4. The maximum atomic E-state index is 8.74. The van der Waals surface area contributed by atoms with Crippen LogP contribution in [0, 0.1) is 5.92 Å². The normalized spacial score (nSPS) is 9.54. The van der Waals surface area contributed by atoms with Crippen molar-refractivity contribution in [3.05, 3.63) is 0 Å². The minimum absolute atomic E-state index is 0.662. The average molecular weight is 216 g/mol. The summed E-state index contributed by atoms with van der Waals surface area (Å²) in [6.07, 6.45) is 0. The van der Waals surface area contributed by atoms with Crippen molar-refractivity contribution in [1.29, 1.82) is 0 Å². The third-order valence-corrected chi connectivity index (χ3v) is 0.471. The molecule has 6 nitrogen and oxygen atoms in total. The molecule has 0 heterocycles. The second-order valence-electron chi connectivity index (χ2n) is 2.58. The van der Waals surface area contributed by atoms with E-state index in [1.807, 2.05) is 14.1 Å². The van der Waals surface area contributed by atoms with Gasteiger partial charge in [0.2, 0.25) is 0 Å². The van der Waals surface area contributed by atoms with Crippen LogP contribution in [0.15, 0.2) is 0 Å². The Morgan fingerprint density at radius 2 is 1.38 bits per heavy atom. The summed E-state index contributed by atoms with van der Waals surface area (Å²) in [6, 6.07) is 0. The van der Waals surface area contributed by atoms with Crippen LogP contribution in [0.4, 0.5) is 0 Å². The molecule has 0 bridgehead atoms. The summed E-state index contributed by atoms with van der Waals surface area (Å²) in [5.41, 5.74) is 5.17. The summed E-state index contributed by atoms with van der Waals surface area (Å²) in [7, 11) is -0.917. The van der Waals surface area contributed by atoms with Crippen molar-refractivity contribution in [1.82, 2.24) is 5.32 Å². The second kappa shape index (κ2) is 11.8. The highest BCUT2D eigenvalue weighted by atomic mass is 32.3. The second-order valence-corrected chi connectivity index (χ2v) is 3.47. The Bertz CT molecular complexity index is 159. The summed E-state index contributed by atoms with van der Waals surface area (Å²) in [5.74, 6) is 0.662. The molecule has 0 aliphatic heterocycles. The number of nitrogens with one attached hydrogen (secondary N) is 1. The molecule has 7 heteroatoms. The van der Waals surface area contributed by atoms with Gasteiger partial charge in [0.1, 0.15) is 0 Å². The lowest BCUT2D eigenvalue weighted by molar-refractivity contribution is 0.381. The Balaban J connectivity index is -0.000000120. The molecule has 0 unspecified atom stereocenters. The van der Waals surface area contributed by atoms with Crippen LogP contribution in [-0.4, -0.2) is 38.2 Å². The number of hydrogen-bond donors (Lipinski definition) is 4. The lowest BCUT2D eigenvalue weighted by Crippen LogP contribution is -2.05. The molecule has 0 fully saturated rings. The first-order valence-corrected chi connectivity index (χ1v) is 5.07. The van der Waals surface area contributed by atoms with Gasteiger partial charge in [-0.15, -0.1) is 0 Å². The Kier molecular flexibility index (Phi) is 16.8. The van der Waals surface area contributed by atoms with E-state index in [4.69, 9.17) is 23.3 Å². The van der Waals surface area contributed by atoms with E-state index in [0.717, 1.165) is 6.54 Å². The van der Waals surface area contributed by atoms with Crippen LogP contribution in [-0.2, 0) is 10.4 Å². The molecular weight excluding hydrogens is 196 g/mol. The molecule has 13 heavy (non-hydrogen) atoms. The third kappa shape index (κ3) is 353. The first-order valence-electron chi connectivity index (χ1n) is 3.67. The maximum absolute atomic E-state index is 8.74. The Morgan fingerprint density at radius 3 is 1.38 bits per heavy atom. The number of nitrogens with two attached hydrogens (primary N) is 1. The standard InChI is InChI=1S/C4H11N.C2H7N.H2O4S/c1-4(2)3-5;1-3-2;1-5(2,3)4/h4H,3,5H2,1-2H3;3H,1-2H3;(H2,1,2,3,4). The van der Waals surface area contributed by atoms with Gasteiger partial charge in [0.25, 0.3) is 0 Å². The minimum atomic E-state index is -4.67. The van der Waals surface area contributed by atoms with Crippen molar-refractivity contribution in [2.75, 3.05) is 20.6 Å². The van der Waals surface area contributed by atoms with Gasteiger partial charge in [0.05, 0.1) is 0 Å². The molecule has 0 rings (SSSR count). The molecule has 0 amide bonds. The van der Waals surface area contributed by atoms with Crippen molar-refractivity contribution in [2.45, 2.75) is 13.8 Å². The zero-order valence-electron chi connectivity index (χ0n) is 8.48. The third-order valence-electron chi connectivity index (χ3n) is 0.471.